The summed E-state index contributed by atoms with van der Waals surface area (Å²) in [6.45, 7) is 24.6. The minimum absolute atomic E-state index is 0. The molecule has 0 radical (unpaired) electrons. The molecule has 0 fully saturated rings. The summed E-state index contributed by atoms with van der Waals surface area (Å²) in [6.07, 6.45) is 5.53. The molecular weight excluding hydrogens is 350 g/mol. The van der Waals surface area contributed by atoms with Crippen molar-refractivity contribution in [2.45, 2.75) is 81.1 Å². The monoisotopic (exact) mass is 395 g/mol. The van der Waals surface area contributed by atoms with Crippen LogP contribution in [-0.2, 0) is 0 Å². The van der Waals surface area contributed by atoms with Crippen molar-refractivity contribution in [3.05, 3.63) is 0 Å². The molecule has 144 valence electrons. The maximum Gasteiger partial charge on any atom is 0.0789 e. The normalized spacial score (nSPS) is 12.0. The van der Waals surface area contributed by atoms with E-state index < -0.39 is 0 Å². The van der Waals surface area contributed by atoms with E-state index in [2.05, 4.69) is 55.4 Å². The minimum atomic E-state index is 0. The fourth-order valence-corrected chi connectivity index (χ4v) is 2.80. The number of rotatable bonds is 12. The average molecular weight is 396 g/mol. The van der Waals surface area contributed by atoms with Crippen molar-refractivity contribution >= 4 is 0 Å². The maximum atomic E-state index is 2.38. The van der Waals surface area contributed by atoms with Crippen molar-refractivity contribution in [2.75, 3.05) is 26.2 Å². The Morgan fingerprint density at radius 2 is 0.652 bits per heavy atom. The largest absolute Gasteiger partial charge is 1.00 e. The molecule has 2 nitrogen and oxygen atoms in total. The molecule has 0 saturated heterocycles. The van der Waals surface area contributed by atoms with Gasteiger partial charge in [0, 0.05) is 0 Å². The molecule has 0 atom stereocenters. The third-order valence-corrected chi connectivity index (χ3v) is 4.72. The smallest absolute Gasteiger partial charge is 0.0789 e. The molecule has 0 aliphatic rings. The Hall–Kier alpha value is 0.400. The summed E-state index contributed by atoms with van der Waals surface area (Å²) in [4.78, 5) is 0. The van der Waals surface area contributed by atoms with E-state index in [0.29, 0.717) is 0 Å². The molecule has 0 heterocycles. The molecule has 3 heteroatoms. The van der Waals surface area contributed by atoms with Crippen molar-refractivity contribution in [3.8, 4) is 0 Å². The first-order valence-electron chi connectivity index (χ1n) is 9.52. The number of nitrogens with zero attached hydrogens (tertiary/aromatic N) is 1. The van der Waals surface area contributed by atoms with Gasteiger partial charge in [0.25, 0.3) is 0 Å². The van der Waals surface area contributed by atoms with Crippen molar-refractivity contribution in [2.24, 2.45) is 23.7 Å². The molecule has 0 amide bonds. The van der Waals surface area contributed by atoms with Crippen LogP contribution < -0.4 is 17.0 Å². The zero-order valence-corrected chi connectivity index (χ0v) is 18.9. The molecule has 2 N–H and O–H groups in total. The van der Waals surface area contributed by atoms with E-state index in [9.17, 15) is 0 Å². The lowest BCUT2D eigenvalue weighted by molar-refractivity contribution is -0.930. The number of hydrogen-bond donors (Lipinski definition) is 0. The molecule has 0 bridgehead atoms. The molecule has 0 aromatic heterocycles. The van der Waals surface area contributed by atoms with Crippen LogP contribution in [0.15, 0.2) is 0 Å². The van der Waals surface area contributed by atoms with Crippen LogP contribution in [0.4, 0.5) is 0 Å². The van der Waals surface area contributed by atoms with Gasteiger partial charge in [-0.15, -0.1) is 0 Å². The lowest BCUT2D eigenvalue weighted by atomic mass is 10.0. The summed E-state index contributed by atoms with van der Waals surface area (Å²) in [5, 5.41) is 0. The summed E-state index contributed by atoms with van der Waals surface area (Å²) in [6, 6.07) is 0. The molecule has 0 saturated carbocycles. The van der Waals surface area contributed by atoms with Gasteiger partial charge >= 0.3 is 0 Å². The lowest BCUT2D eigenvalue weighted by Crippen LogP contribution is -3.00. The summed E-state index contributed by atoms with van der Waals surface area (Å²) in [5.41, 5.74) is 0. The van der Waals surface area contributed by atoms with E-state index >= 15 is 0 Å². The second-order valence-electron chi connectivity index (χ2n) is 8.97. The van der Waals surface area contributed by atoms with Gasteiger partial charge in [0.2, 0.25) is 0 Å². The zero-order chi connectivity index (χ0) is 16.5. The van der Waals surface area contributed by atoms with Crippen LogP contribution in [0.2, 0.25) is 0 Å². The molecule has 0 unspecified atom stereocenters. The average Bonchev–Trinajstić information content (AvgIpc) is 2.36. The van der Waals surface area contributed by atoms with Gasteiger partial charge in [-0.2, -0.15) is 0 Å². The molecule has 0 aromatic rings. The predicted octanol–water partition coefficient (Wildman–Crippen LogP) is 2.17. The predicted molar refractivity (Wildman–Crippen MR) is 101 cm³/mol. The Labute approximate surface area is 158 Å². The van der Waals surface area contributed by atoms with Crippen molar-refractivity contribution < 1.29 is 26.9 Å². The highest BCUT2D eigenvalue weighted by Crippen LogP contribution is 2.21. The minimum Gasteiger partial charge on any atom is -1.00 e. The Balaban J connectivity index is -0.00000200. The SMILES string of the molecule is CC(C)CC[N+](CCC(C)C)(CCC(C)C)CCC(C)C.O.[Br-]. The van der Waals surface area contributed by atoms with Gasteiger partial charge in [0.05, 0.1) is 26.2 Å². The molecule has 0 rings (SSSR count). The molecule has 23 heavy (non-hydrogen) atoms. The van der Waals surface area contributed by atoms with Crippen LogP contribution in [0, 0.1) is 23.7 Å². The van der Waals surface area contributed by atoms with Gasteiger partial charge < -0.3 is 26.9 Å². The highest BCUT2D eigenvalue weighted by molar-refractivity contribution is 4.56. The fraction of sp³-hybridized carbons (Fsp3) is 1.00. The second-order valence-corrected chi connectivity index (χ2v) is 8.97. The van der Waals surface area contributed by atoms with E-state index in [1.165, 1.54) is 56.3 Å². The van der Waals surface area contributed by atoms with Crippen molar-refractivity contribution in [1.82, 2.24) is 0 Å². The molecular formula is C20H46BrNO. The number of hydrogen-bond acceptors (Lipinski definition) is 0. The first-order chi connectivity index (χ1) is 9.67. The highest BCUT2D eigenvalue weighted by atomic mass is 79.9. The second kappa shape index (κ2) is 14.7. The first kappa shape index (κ1) is 28.2. The van der Waals surface area contributed by atoms with Crippen LogP contribution in [0.1, 0.15) is 81.1 Å². The van der Waals surface area contributed by atoms with Crippen LogP contribution in [0.3, 0.4) is 0 Å². The zero-order valence-electron chi connectivity index (χ0n) is 17.3. The van der Waals surface area contributed by atoms with E-state index in [1.807, 2.05) is 0 Å². The first-order valence-corrected chi connectivity index (χ1v) is 9.52. The molecule has 0 aliphatic heterocycles. The van der Waals surface area contributed by atoms with Crippen molar-refractivity contribution in [3.63, 3.8) is 0 Å². The Kier molecular flexibility index (Phi) is 18.1. The van der Waals surface area contributed by atoms with E-state index in [-0.39, 0.29) is 22.5 Å². The summed E-state index contributed by atoms with van der Waals surface area (Å²) < 4.78 is 1.38. The highest BCUT2D eigenvalue weighted by Gasteiger charge is 2.27. The molecule has 0 aromatic carbocycles. The third-order valence-electron chi connectivity index (χ3n) is 4.72. The van der Waals surface area contributed by atoms with Crippen LogP contribution >= 0.6 is 0 Å². The number of quaternary nitrogens is 1. The summed E-state index contributed by atoms with van der Waals surface area (Å²) in [5.74, 6) is 3.33. The van der Waals surface area contributed by atoms with Crippen molar-refractivity contribution in [1.29, 1.82) is 0 Å². The quantitative estimate of drug-likeness (QED) is 0.453. The van der Waals surface area contributed by atoms with Crippen LogP contribution in [0.25, 0.3) is 0 Å². The van der Waals surface area contributed by atoms with Crippen LogP contribution in [-0.4, -0.2) is 36.1 Å². The lowest BCUT2D eigenvalue weighted by Gasteiger charge is -2.41. The third kappa shape index (κ3) is 15.7. The van der Waals surface area contributed by atoms with E-state index in [4.69, 9.17) is 0 Å². The van der Waals surface area contributed by atoms with E-state index in [1.54, 1.807) is 0 Å². The van der Waals surface area contributed by atoms with Gasteiger partial charge in [0.15, 0.2) is 0 Å². The molecule has 0 aliphatic carbocycles. The van der Waals surface area contributed by atoms with E-state index in [0.717, 1.165) is 23.7 Å². The van der Waals surface area contributed by atoms with Crippen LogP contribution in [0.5, 0.6) is 0 Å². The van der Waals surface area contributed by atoms with Gasteiger partial charge in [-0.05, 0) is 49.4 Å². The number of halogens is 1. The summed E-state index contributed by atoms with van der Waals surface area (Å²) in [7, 11) is 0. The maximum absolute atomic E-state index is 2.38. The van der Waals surface area contributed by atoms with Gasteiger partial charge in [-0.1, -0.05) is 55.4 Å². The Bertz CT molecular complexity index is 199. The molecule has 0 spiro atoms. The van der Waals surface area contributed by atoms with Gasteiger partial charge in [-0.3, -0.25) is 0 Å². The standard InChI is InChI=1S/C20H44N.BrH.H2O/c1-17(2)9-13-21(14-10-18(3)4,15-11-19(5)6)16-12-20(7)8;;/h17-20H,9-16H2,1-8H3;1H;1H2/q+1;;/p-1. The fourth-order valence-electron chi connectivity index (χ4n) is 2.80. The van der Waals surface area contributed by atoms with Gasteiger partial charge in [0.1, 0.15) is 0 Å². The Morgan fingerprint density at radius 1 is 0.478 bits per heavy atom. The summed E-state index contributed by atoms with van der Waals surface area (Å²) >= 11 is 0. The van der Waals surface area contributed by atoms with Gasteiger partial charge in [-0.25, -0.2) is 0 Å². The topological polar surface area (TPSA) is 31.5 Å². The Morgan fingerprint density at radius 3 is 0.783 bits per heavy atom.